The van der Waals surface area contributed by atoms with Crippen LogP contribution in [0.4, 0.5) is 13.2 Å². The predicted octanol–water partition coefficient (Wildman–Crippen LogP) is 3.12. The van der Waals surface area contributed by atoms with Crippen molar-refractivity contribution < 1.29 is 18.0 Å². The zero-order valence-corrected chi connectivity index (χ0v) is 12.1. The minimum atomic E-state index is -4.38. The number of hydrogen-bond donors (Lipinski definition) is 1. The summed E-state index contributed by atoms with van der Waals surface area (Å²) in [6.45, 7) is 0.388. The number of β-lactam (4-membered cyclic amide) rings is 1. The first-order valence-corrected chi connectivity index (χ1v) is 7.15. The van der Waals surface area contributed by atoms with Gasteiger partial charge in [0.15, 0.2) is 0 Å². The Bertz CT molecular complexity index is 698. The summed E-state index contributed by atoms with van der Waals surface area (Å²) in [5.74, 6) is -0.196. The van der Waals surface area contributed by atoms with Crippen LogP contribution < -0.4 is 5.73 Å². The van der Waals surface area contributed by atoms with Gasteiger partial charge in [0, 0.05) is 6.54 Å². The van der Waals surface area contributed by atoms with Crippen LogP contribution >= 0.6 is 0 Å². The monoisotopic (exact) mass is 320 g/mol. The highest BCUT2D eigenvalue weighted by atomic mass is 19.4. The second-order valence-corrected chi connectivity index (χ2v) is 5.54. The Morgan fingerprint density at radius 2 is 1.61 bits per heavy atom. The fourth-order valence-corrected chi connectivity index (χ4v) is 2.79. The molecule has 0 aliphatic carbocycles. The summed E-state index contributed by atoms with van der Waals surface area (Å²) in [5, 5.41) is 0. The second kappa shape index (κ2) is 5.70. The van der Waals surface area contributed by atoms with E-state index in [-0.39, 0.29) is 5.91 Å². The molecule has 0 unspecified atom stereocenters. The van der Waals surface area contributed by atoms with Crippen molar-refractivity contribution in [2.75, 3.05) is 0 Å². The molecular weight excluding hydrogens is 305 g/mol. The molecule has 0 bridgehead atoms. The van der Waals surface area contributed by atoms with E-state index in [0.717, 1.165) is 17.7 Å². The molecule has 1 aliphatic heterocycles. The number of amides is 1. The number of likely N-dealkylation sites (tertiary alicyclic amines) is 1. The maximum atomic E-state index is 12.6. The van der Waals surface area contributed by atoms with E-state index in [2.05, 4.69) is 0 Å². The Balaban J connectivity index is 1.81. The number of rotatable bonds is 3. The average molecular weight is 320 g/mol. The lowest BCUT2D eigenvalue weighted by Crippen LogP contribution is -2.62. The van der Waals surface area contributed by atoms with Crippen molar-refractivity contribution in [3.8, 4) is 0 Å². The number of halogens is 3. The third-order valence-corrected chi connectivity index (χ3v) is 4.02. The molecule has 6 heteroatoms. The van der Waals surface area contributed by atoms with Gasteiger partial charge in [0.05, 0.1) is 11.6 Å². The summed E-state index contributed by atoms with van der Waals surface area (Å²) in [7, 11) is 0. The fourth-order valence-electron chi connectivity index (χ4n) is 2.79. The zero-order chi connectivity index (χ0) is 16.6. The summed E-state index contributed by atoms with van der Waals surface area (Å²) < 4.78 is 37.9. The number of hydrogen-bond acceptors (Lipinski definition) is 2. The molecule has 0 radical (unpaired) electrons. The molecule has 1 saturated heterocycles. The number of nitrogens with zero attached hydrogens (tertiary/aromatic N) is 1. The standard InChI is InChI=1S/C17H15F3N2O/c18-17(19,20)13-8-6-12(7-9-13)15-14(21)16(23)22(15)10-11-4-2-1-3-5-11/h1-9,14-15H,10,21H2/t14-,15+/m1/s1. The largest absolute Gasteiger partial charge is 0.416 e. The zero-order valence-electron chi connectivity index (χ0n) is 12.1. The van der Waals surface area contributed by atoms with Crippen LogP contribution in [0.2, 0.25) is 0 Å². The van der Waals surface area contributed by atoms with Crippen LogP contribution in [0.25, 0.3) is 0 Å². The first-order valence-electron chi connectivity index (χ1n) is 7.15. The highest BCUT2D eigenvalue weighted by molar-refractivity contribution is 5.89. The average Bonchev–Trinajstić information content (AvgIpc) is 2.54. The van der Waals surface area contributed by atoms with Crippen molar-refractivity contribution in [2.45, 2.75) is 24.8 Å². The van der Waals surface area contributed by atoms with E-state index in [1.54, 1.807) is 4.90 Å². The number of carbonyl (C=O) groups is 1. The van der Waals surface area contributed by atoms with Crippen molar-refractivity contribution in [3.05, 3.63) is 71.3 Å². The lowest BCUT2D eigenvalue weighted by Gasteiger charge is -2.45. The van der Waals surface area contributed by atoms with E-state index in [0.29, 0.717) is 12.1 Å². The summed E-state index contributed by atoms with van der Waals surface area (Å²) >= 11 is 0. The van der Waals surface area contributed by atoms with Crippen LogP contribution in [0.5, 0.6) is 0 Å². The molecule has 1 amide bonds. The number of carbonyl (C=O) groups excluding carboxylic acids is 1. The molecule has 3 nitrogen and oxygen atoms in total. The lowest BCUT2D eigenvalue weighted by atomic mass is 9.88. The van der Waals surface area contributed by atoms with Crippen LogP contribution in [0.15, 0.2) is 54.6 Å². The van der Waals surface area contributed by atoms with Gasteiger partial charge in [-0.15, -0.1) is 0 Å². The summed E-state index contributed by atoms with van der Waals surface area (Å²) in [4.78, 5) is 13.6. The molecule has 0 spiro atoms. The van der Waals surface area contributed by atoms with Crippen molar-refractivity contribution in [3.63, 3.8) is 0 Å². The molecule has 3 rings (SSSR count). The van der Waals surface area contributed by atoms with Gasteiger partial charge < -0.3 is 10.6 Å². The van der Waals surface area contributed by atoms with E-state index in [1.807, 2.05) is 30.3 Å². The van der Waals surface area contributed by atoms with Gasteiger partial charge in [-0.1, -0.05) is 42.5 Å². The Hall–Kier alpha value is -2.34. The maximum absolute atomic E-state index is 12.6. The van der Waals surface area contributed by atoms with Crippen LogP contribution in [0.3, 0.4) is 0 Å². The Morgan fingerprint density at radius 1 is 1.00 bits per heavy atom. The van der Waals surface area contributed by atoms with E-state index >= 15 is 0 Å². The molecule has 1 aliphatic rings. The molecule has 23 heavy (non-hydrogen) atoms. The van der Waals surface area contributed by atoms with Crippen LogP contribution in [0, 0.1) is 0 Å². The van der Waals surface area contributed by atoms with Gasteiger partial charge in [-0.25, -0.2) is 0 Å². The van der Waals surface area contributed by atoms with E-state index in [4.69, 9.17) is 5.73 Å². The summed E-state index contributed by atoms with van der Waals surface area (Å²) in [5.41, 5.74) is 6.70. The normalized spacial score (nSPS) is 21.2. The van der Waals surface area contributed by atoms with Gasteiger partial charge in [0.2, 0.25) is 5.91 Å². The lowest BCUT2D eigenvalue weighted by molar-refractivity contribution is -0.150. The maximum Gasteiger partial charge on any atom is 0.416 e. The van der Waals surface area contributed by atoms with Crippen molar-refractivity contribution in [2.24, 2.45) is 5.73 Å². The highest BCUT2D eigenvalue weighted by Gasteiger charge is 2.45. The molecule has 0 saturated carbocycles. The van der Waals surface area contributed by atoms with Gasteiger partial charge in [0.1, 0.15) is 6.04 Å². The molecule has 120 valence electrons. The van der Waals surface area contributed by atoms with E-state index in [9.17, 15) is 18.0 Å². The van der Waals surface area contributed by atoms with Gasteiger partial charge >= 0.3 is 6.18 Å². The first-order chi connectivity index (χ1) is 10.9. The van der Waals surface area contributed by atoms with E-state index in [1.165, 1.54) is 12.1 Å². The third kappa shape index (κ3) is 2.94. The summed E-state index contributed by atoms with van der Waals surface area (Å²) in [6, 6.07) is 13.1. The minimum Gasteiger partial charge on any atom is -0.328 e. The molecule has 0 aromatic heterocycles. The molecular formula is C17H15F3N2O. The third-order valence-electron chi connectivity index (χ3n) is 4.02. The Morgan fingerprint density at radius 3 is 2.17 bits per heavy atom. The van der Waals surface area contributed by atoms with Crippen molar-refractivity contribution >= 4 is 5.91 Å². The smallest absolute Gasteiger partial charge is 0.328 e. The molecule has 2 atom stereocenters. The Kier molecular flexibility index (Phi) is 3.85. The van der Waals surface area contributed by atoms with Gasteiger partial charge in [-0.2, -0.15) is 13.2 Å². The van der Waals surface area contributed by atoms with Gasteiger partial charge in [-0.05, 0) is 23.3 Å². The number of benzene rings is 2. The molecule has 1 fully saturated rings. The molecule has 2 aromatic carbocycles. The topological polar surface area (TPSA) is 46.3 Å². The molecule has 2 aromatic rings. The summed E-state index contributed by atoms with van der Waals surface area (Å²) in [6.07, 6.45) is -4.38. The number of nitrogens with two attached hydrogens (primary N) is 1. The van der Waals surface area contributed by atoms with Crippen LogP contribution in [-0.2, 0) is 17.5 Å². The van der Waals surface area contributed by atoms with Gasteiger partial charge in [-0.3, -0.25) is 4.79 Å². The van der Waals surface area contributed by atoms with Gasteiger partial charge in [0.25, 0.3) is 0 Å². The molecule has 1 heterocycles. The fraction of sp³-hybridized carbons (Fsp3) is 0.235. The number of alkyl halides is 3. The Labute approximate surface area is 131 Å². The minimum absolute atomic E-state index is 0.196. The van der Waals surface area contributed by atoms with Crippen molar-refractivity contribution in [1.29, 1.82) is 0 Å². The predicted molar refractivity (Wildman–Crippen MR) is 79.2 cm³/mol. The first kappa shape index (κ1) is 15.6. The SMILES string of the molecule is N[C@H]1C(=O)N(Cc2ccccc2)[C@H]1c1ccc(C(F)(F)F)cc1. The van der Waals surface area contributed by atoms with Crippen molar-refractivity contribution in [1.82, 2.24) is 4.90 Å². The van der Waals surface area contributed by atoms with E-state index < -0.39 is 23.8 Å². The molecule has 2 N–H and O–H groups in total. The highest BCUT2D eigenvalue weighted by Crippen LogP contribution is 2.36. The van der Waals surface area contributed by atoms with Crippen LogP contribution in [-0.4, -0.2) is 16.8 Å². The quantitative estimate of drug-likeness (QED) is 0.883. The van der Waals surface area contributed by atoms with Crippen LogP contribution in [0.1, 0.15) is 22.7 Å². The second-order valence-electron chi connectivity index (χ2n) is 5.54.